The molecule has 1 aliphatic rings. The highest BCUT2D eigenvalue weighted by Gasteiger charge is 2.32. The highest BCUT2D eigenvalue weighted by atomic mass is 32.2. The van der Waals surface area contributed by atoms with Crippen molar-refractivity contribution in [3.05, 3.63) is 70.6 Å². The Hall–Kier alpha value is -2.11. The second-order valence-corrected chi connectivity index (χ2v) is 6.49. The van der Waals surface area contributed by atoms with E-state index in [-0.39, 0.29) is 11.7 Å². The quantitative estimate of drug-likeness (QED) is 0.688. The molecule has 2 aromatic carbocycles. The predicted octanol–water partition coefficient (Wildman–Crippen LogP) is 3.79. The van der Waals surface area contributed by atoms with Crippen LogP contribution in [0.25, 0.3) is 6.08 Å². The number of para-hydroxylation sites is 1. The topological polar surface area (TPSA) is 40.5 Å². The number of aromatic hydroxyl groups is 1. The third kappa shape index (κ3) is 3.05. The molecule has 0 atom stereocenters. The summed E-state index contributed by atoms with van der Waals surface area (Å²) in [5, 5.41) is 9.81. The van der Waals surface area contributed by atoms with Gasteiger partial charge in [0.1, 0.15) is 10.1 Å². The van der Waals surface area contributed by atoms with E-state index >= 15 is 0 Å². The van der Waals surface area contributed by atoms with E-state index in [1.807, 2.05) is 36.4 Å². The van der Waals surface area contributed by atoms with Crippen LogP contribution >= 0.6 is 24.0 Å². The molecule has 1 heterocycles. The van der Waals surface area contributed by atoms with Crippen molar-refractivity contribution in [1.82, 2.24) is 4.90 Å². The summed E-state index contributed by atoms with van der Waals surface area (Å²) in [6.45, 7) is 0.462. The van der Waals surface area contributed by atoms with Crippen molar-refractivity contribution in [3.63, 3.8) is 0 Å². The van der Waals surface area contributed by atoms with Crippen molar-refractivity contribution in [3.8, 4) is 5.75 Å². The molecule has 0 radical (unpaired) electrons. The van der Waals surface area contributed by atoms with E-state index in [4.69, 9.17) is 12.2 Å². The Balaban J connectivity index is 1.84. The molecule has 1 amide bonds. The maximum Gasteiger partial charge on any atom is 0.266 e. The first-order chi connectivity index (χ1) is 10.6. The number of phenolic OH excluding ortho intramolecular Hbond substituents is 1. The predicted molar refractivity (Wildman–Crippen MR) is 93.3 cm³/mol. The molecule has 3 rings (SSSR count). The standard InChI is InChI=1S/C17H13NO2S2/c19-14-9-5-4-8-13(14)10-15-16(20)18(17(21)22-15)11-12-6-2-1-3-7-12/h1-10,19H,11H2/b15-10+. The van der Waals surface area contributed by atoms with Crippen LogP contribution in [0.5, 0.6) is 5.75 Å². The number of amides is 1. The lowest BCUT2D eigenvalue weighted by Crippen LogP contribution is -2.27. The number of hydrogen-bond acceptors (Lipinski definition) is 4. The summed E-state index contributed by atoms with van der Waals surface area (Å²) in [5.41, 5.74) is 1.64. The summed E-state index contributed by atoms with van der Waals surface area (Å²) >= 11 is 6.57. The van der Waals surface area contributed by atoms with E-state index < -0.39 is 0 Å². The zero-order valence-corrected chi connectivity index (χ0v) is 13.2. The molecular weight excluding hydrogens is 314 g/mol. The van der Waals surface area contributed by atoms with Crippen LogP contribution in [0.4, 0.5) is 0 Å². The van der Waals surface area contributed by atoms with Crippen LogP contribution in [0.1, 0.15) is 11.1 Å². The van der Waals surface area contributed by atoms with Crippen LogP contribution in [0, 0.1) is 0 Å². The average Bonchev–Trinajstić information content (AvgIpc) is 2.78. The molecule has 2 aromatic rings. The third-order valence-electron chi connectivity index (χ3n) is 3.28. The van der Waals surface area contributed by atoms with Gasteiger partial charge in [-0.2, -0.15) is 0 Å². The number of thioether (sulfide) groups is 1. The lowest BCUT2D eigenvalue weighted by molar-refractivity contribution is -0.122. The molecule has 110 valence electrons. The van der Waals surface area contributed by atoms with Crippen LogP contribution in [-0.2, 0) is 11.3 Å². The minimum absolute atomic E-state index is 0.123. The molecule has 3 nitrogen and oxygen atoms in total. The maximum atomic E-state index is 12.5. The Morgan fingerprint density at radius 3 is 2.50 bits per heavy atom. The molecule has 1 N–H and O–H groups in total. The fourth-order valence-corrected chi connectivity index (χ4v) is 3.40. The van der Waals surface area contributed by atoms with Gasteiger partial charge in [0.2, 0.25) is 0 Å². The first-order valence-electron chi connectivity index (χ1n) is 6.72. The van der Waals surface area contributed by atoms with E-state index in [1.54, 1.807) is 29.2 Å². The van der Waals surface area contributed by atoms with Crippen molar-refractivity contribution in [2.45, 2.75) is 6.54 Å². The zero-order valence-electron chi connectivity index (χ0n) is 11.6. The second-order valence-electron chi connectivity index (χ2n) is 4.81. The Labute approximate surface area is 138 Å². The van der Waals surface area contributed by atoms with Gasteiger partial charge in [-0.1, -0.05) is 72.5 Å². The monoisotopic (exact) mass is 327 g/mol. The van der Waals surface area contributed by atoms with Crippen LogP contribution in [0.3, 0.4) is 0 Å². The molecule has 1 saturated heterocycles. The molecule has 22 heavy (non-hydrogen) atoms. The van der Waals surface area contributed by atoms with E-state index in [1.165, 1.54) is 11.8 Å². The SMILES string of the molecule is O=C1/C(=C\c2ccccc2O)SC(=S)N1Cc1ccccc1. The van der Waals surface area contributed by atoms with E-state index in [0.29, 0.717) is 21.3 Å². The highest BCUT2D eigenvalue weighted by Crippen LogP contribution is 2.34. The maximum absolute atomic E-state index is 12.5. The van der Waals surface area contributed by atoms with Gasteiger partial charge in [-0.3, -0.25) is 9.69 Å². The molecule has 0 saturated carbocycles. The van der Waals surface area contributed by atoms with Crippen molar-refractivity contribution in [2.75, 3.05) is 0 Å². The van der Waals surface area contributed by atoms with Crippen molar-refractivity contribution < 1.29 is 9.90 Å². The Morgan fingerprint density at radius 1 is 1.09 bits per heavy atom. The first kappa shape index (κ1) is 14.8. The number of benzene rings is 2. The molecule has 0 aliphatic carbocycles. The smallest absolute Gasteiger partial charge is 0.266 e. The van der Waals surface area contributed by atoms with Gasteiger partial charge in [0.05, 0.1) is 11.4 Å². The van der Waals surface area contributed by atoms with Crippen molar-refractivity contribution in [2.24, 2.45) is 0 Å². The van der Waals surface area contributed by atoms with Crippen LogP contribution < -0.4 is 0 Å². The molecule has 0 bridgehead atoms. The van der Waals surface area contributed by atoms with Gasteiger partial charge in [-0.25, -0.2) is 0 Å². The van der Waals surface area contributed by atoms with Gasteiger partial charge in [-0.05, 0) is 17.7 Å². The van der Waals surface area contributed by atoms with Gasteiger partial charge in [0.25, 0.3) is 5.91 Å². The zero-order chi connectivity index (χ0) is 15.5. The van der Waals surface area contributed by atoms with E-state index in [9.17, 15) is 9.90 Å². The average molecular weight is 327 g/mol. The lowest BCUT2D eigenvalue weighted by atomic mass is 10.2. The largest absolute Gasteiger partial charge is 0.507 e. The minimum atomic E-state index is -0.123. The molecule has 0 spiro atoms. The van der Waals surface area contributed by atoms with Gasteiger partial charge in [-0.15, -0.1) is 0 Å². The minimum Gasteiger partial charge on any atom is -0.507 e. The van der Waals surface area contributed by atoms with Crippen molar-refractivity contribution in [1.29, 1.82) is 0 Å². The Bertz CT molecular complexity index is 756. The van der Waals surface area contributed by atoms with Gasteiger partial charge in [0, 0.05) is 5.56 Å². The second kappa shape index (κ2) is 6.34. The molecule has 5 heteroatoms. The Kier molecular flexibility index (Phi) is 4.27. The summed E-state index contributed by atoms with van der Waals surface area (Å²) in [7, 11) is 0. The van der Waals surface area contributed by atoms with Crippen LogP contribution in [0.15, 0.2) is 59.5 Å². The number of thiocarbonyl (C=S) groups is 1. The van der Waals surface area contributed by atoms with Gasteiger partial charge in [0.15, 0.2) is 0 Å². The number of hydrogen-bond donors (Lipinski definition) is 1. The number of nitrogens with zero attached hydrogens (tertiary/aromatic N) is 1. The summed E-state index contributed by atoms with van der Waals surface area (Å²) in [4.78, 5) is 14.6. The number of phenols is 1. The lowest BCUT2D eigenvalue weighted by Gasteiger charge is -2.14. The summed E-state index contributed by atoms with van der Waals surface area (Å²) in [6, 6.07) is 16.7. The molecule has 0 aromatic heterocycles. The number of rotatable bonds is 3. The molecule has 1 aliphatic heterocycles. The fourth-order valence-electron chi connectivity index (χ4n) is 2.15. The van der Waals surface area contributed by atoms with Crippen LogP contribution in [-0.4, -0.2) is 20.2 Å². The molecular formula is C17H13NO2S2. The van der Waals surface area contributed by atoms with Crippen molar-refractivity contribution >= 4 is 40.3 Å². The summed E-state index contributed by atoms with van der Waals surface area (Å²) < 4.78 is 0.538. The summed E-state index contributed by atoms with van der Waals surface area (Å²) in [6.07, 6.45) is 1.68. The van der Waals surface area contributed by atoms with E-state index in [0.717, 1.165) is 5.56 Å². The third-order valence-corrected chi connectivity index (χ3v) is 4.66. The number of carbonyl (C=O) groups is 1. The van der Waals surface area contributed by atoms with Gasteiger partial charge < -0.3 is 5.11 Å². The van der Waals surface area contributed by atoms with Gasteiger partial charge >= 0.3 is 0 Å². The summed E-state index contributed by atoms with van der Waals surface area (Å²) in [5.74, 6) is 0.0259. The molecule has 1 fully saturated rings. The normalized spacial score (nSPS) is 16.5. The Morgan fingerprint density at radius 2 is 1.77 bits per heavy atom. The first-order valence-corrected chi connectivity index (χ1v) is 7.95. The highest BCUT2D eigenvalue weighted by molar-refractivity contribution is 8.26. The van der Waals surface area contributed by atoms with E-state index in [2.05, 4.69) is 0 Å². The molecule has 0 unspecified atom stereocenters. The van der Waals surface area contributed by atoms with Crippen LogP contribution in [0.2, 0.25) is 0 Å². The number of carbonyl (C=O) groups excluding carboxylic acids is 1. The fraction of sp³-hybridized carbons (Fsp3) is 0.0588.